The van der Waals surface area contributed by atoms with Crippen molar-refractivity contribution in [1.29, 1.82) is 0 Å². The molecule has 0 N–H and O–H groups in total. The predicted octanol–water partition coefficient (Wildman–Crippen LogP) is 19.9. The van der Waals surface area contributed by atoms with Crippen molar-refractivity contribution < 1.29 is 114 Å². The van der Waals surface area contributed by atoms with E-state index < -0.39 is 238 Å². The molecule has 0 radical (unpaired) electrons. The van der Waals surface area contributed by atoms with E-state index in [1.54, 1.807) is 0 Å². The van der Waals surface area contributed by atoms with Gasteiger partial charge in [-0.15, -0.1) is 0 Å². The molecular weight excluding hydrogens is 2260 g/mol. The van der Waals surface area contributed by atoms with E-state index in [1.807, 2.05) is 0 Å². The van der Waals surface area contributed by atoms with E-state index in [-0.39, 0.29) is 0 Å². The van der Waals surface area contributed by atoms with Crippen LogP contribution in [-0.4, -0.2) is 124 Å². The summed E-state index contributed by atoms with van der Waals surface area (Å²) in [6.07, 6.45) is -9.15. The summed E-state index contributed by atoms with van der Waals surface area (Å²) in [7, 11) is 0. The number of carbonyl (C=O) groups is 12. The van der Waals surface area contributed by atoms with Crippen molar-refractivity contribution in [2.45, 2.75) is 242 Å². The first-order valence-electron chi connectivity index (χ1n) is 33.7. The summed E-state index contributed by atoms with van der Waals surface area (Å²) >= 11 is 40.7. The molecule has 616 valence electrons. The summed E-state index contributed by atoms with van der Waals surface area (Å²) in [5.74, 6) is -18.6. The van der Waals surface area contributed by atoms with Crippen LogP contribution in [0, 0.1) is 0 Å². The lowest BCUT2D eigenvalue weighted by atomic mass is 9.87. The van der Waals surface area contributed by atoms with Gasteiger partial charge < -0.3 is 56.8 Å². The highest BCUT2D eigenvalue weighted by molar-refractivity contribution is 9.12. The number of hydrogen-bond donors (Lipinski definition) is 0. The van der Waals surface area contributed by atoms with Gasteiger partial charge in [-0.25, -0.2) is 0 Å². The van der Waals surface area contributed by atoms with Gasteiger partial charge in [0.2, 0.25) is 0 Å². The van der Waals surface area contributed by atoms with Gasteiger partial charge in [-0.3, -0.25) is 57.5 Å². The van der Waals surface area contributed by atoms with Crippen molar-refractivity contribution in [1.82, 2.24) is 0 Å². The largest absolute Gasteiger partial charge is 0.451 e. The molecule has 0 saturated heterocycles. The van der Waals surface area contributed by atoms with Crippen molar-refractivity contribution in [2.75, 3.05) is 0 Å². The third kappa shape index (κ3) is 26.1. The molecule has 36 heteroatoms. The SMILES string of the molecule is CC(C)(Br)C(=O)Oc1cc(OC(=O)C(C)(C)Br)c2cc1C(OC(=O)C(C)(C)Br)c1cc(c(OC(=O)C(C)(C)Br)cc1OC(=O)C(C)(C)Br)C(OC(=O)C(C)(C)Br)c1cc(c(OC(=O)C(C)(C)Br)cc1OC(=O)C(C)(C)Br)C(OC(=O)C(C)(C)Br)c1cc(c(OC(=O)C(C)(C)Br)cc1OC(=O)C(C)(C)Br)C2OC(=O)C(C)(C)Br. The Hall–Kier alpha value is -3.72. The van der Waals surface area contributed by atoms with Gasteiger partial charge in [0.05, 0.1) is 0 Å². The highest BCUT2D eigenvalue weighted by atomic mass is 79.9. The maximum absolute atomic E-state index is 15.4. The molecule has 1 aliphatic carbocycles. The fraction of sp³-hybridized carbons (Fsp3) is 0.526. The first-order valence-corrected chi connectivity index (χ1v) is 43.2. The third-order valence-electron chi connectivity index (χ3n) is 15.2. The molecule has 0 heterocycles. The number of ether oxygens (including phenoxy) is 12. The van der Waals surface area contributed by atoms with E-state index in [2.05, 4.69) is 191 Å². The second kappa shape index (κ2) is 35.7. The third-order valence-corrected chi connectivity index (χ3v) is 19.1. The zero-order valence-corrected chi connectivity index (χ0v) is 84.3. The Morgan fingerprint density at radius 3 is 0.348 bits per heavy atom. The van der Waals surface area contributed by atoms with Crippen LogP contribution in [0.4, 0.5) is 0 Å². The molecule has 0 aromatic heterocycles. The molecule has 1 aliphatic rings. The Morgan fingerprint density at radius 2 is 0.268 bits per heavy atom. The van der Waals surface area contributed by atoms with Crippen LogP contribution >= 0.6 is 191 Å². The van der Waals surface area contributed by atoms with E-state index >= 15 is 19.2 Å². The van der Waals surface area contributed by atoms with E-state index in [0.29, 0.717) is 0 Å². The van der Waals surface area contributed by atoms with Crippen molar-refractivity contribution >= 4 is 263 Å². The van der Waals surface area contributed by atoms with E-state index in [1.165, 1.54) is 166 Å². The molecule has 112 heavy (non-hydrogen) atoms. The van der Waals surface area contributed by atoms with Gasteiger partial charge in [0.15, 0.2) is 24.4 Å². The topological polar surface area (TPSA) is 316 Å². The van der Waals surface area contributed by atoms with Crippen LogP contribution in [0.2, 0.25) is 0 Å². The zero-order valence-electron chi connectivity index (χ0n) is 65.3. The maximum Gasteiger partial charge on any atom is 0.327 e. The lowest BCUT2D eigenvalue weighted by Gasteiger charge is -2.33. The summed E-state index contributed by atoms with van der Waals surface area (Å²) in [5, 5.41) is 0. The van der Waals surface area contributed by atoms with Gasteiger partial charge in [-0.05, 0) is 190 Å². The summed E-state index contributed by atoms with van der Waals surface area (Å²) < 4.78 is 58.1. The predicted molar refractivity (Wildman–Crippen MR) is 459 cm³/mol. The highest BCUT2D eigenvalue weighted by Crippen LogP contribution is 2.55. The molecule has 0 atom stereocenters. The molecule has 0 unspecified atom stereocenters. The smallest absolute Gasteiger partial charge is 0.327 e. The normalized spacial score (nSPS) is 16.1. The molecule has 4 aromatic carbocycles. The number of halogens is 12. The number of fused-ring (bicyclic) bond motifs is 8. The molecule has 0 fully saturated rings. The van der Waals surface area contributed by atoms with Crippen LogP contribution in [-0.2, 0) is 76.5 Å². The minimum atomic E-state index is -2.29. The molecule has 5 rings (SSSR count). The second-order valence-electron chi connectivity index (χ2n) is 31.6. The quantitative estimate of drug-likeness (QED) is 0.0272. The second-order valence-corrected chi connectivity index (χ2v) is 55.4. The van der Waals surface area contributed by atoms with Gasteiger partial charge in [-0.1, -0.05) is 191 Å². The van der Waals surface area contributed by atoms with Gasteiger partial charge in [0.25, 0.3) is 0 Å². The zero-order chi connectivity index (χ0) is 86.6. The number of esters is 12. The summed E-state index contributed by atoms with van der Waals surface area (Å²) in [6, 6.07) is 8.32. The molecule has 0 spiro atoms. The van der Waals surface area contributed by atoms with Crippen molar-refractivity contribution in [3.05, 3.63) is 93.0 Å². The van der Waals surface area contributed by atoms with Gasteiger partial charge in [0.1, 0.15) is 97.9 Å². The highest BCUT2D eigenvalue weighted by Gasteiger charge is 2.47. The Labute approximate surface area is 750 Å². The molecule has 8 bridgehead atoms. The lowest BCUT2D eigenvalue weighted by Crippen LogP contribution is -2.34. The summed E-state index contributed by atoms with van der Waals surface area (Å²) in [6.45, 7) is 33.7. The molecule has 0 saturated carbocycles. The molecule has 0 aliphatic heterocycles. The maximum atomic E-state index is 15.4. The number of benzene rings is 4. The number of hydrogen-bond acceptors (Lipinski definition) is 24. The van der Waals surface area contributed by atoms with Crippen LogP contribution in [0.1, 0.15) is 235 Å². The van der Waals surface area contributed by atoms with E-state index in [4.69, 9.17) is 56.8 Å². The first-order chi connectivity index (χ1) is 50.1. The van der Waals surface area contributed by atoms with Crippen molar-refractivity contribution in [2.24, 2.45) is 0 Å². The minimum Gasteiger partial charge on any atom is -0.451 e. The van der Waals surface area contributed by atoms with Crippen LogP contribution in [0.3, 0.4) is 0 Å². The fourth-order valence-electron chi connectivity index (χ4n) is 8.66. The number of rotatable bonds is 24. The standard InChI is InChI=1S/C76H84Br12O24/c1-65(2,77)53(89)101-41-29-42(102-54(90)66(3,4)78)34-25-33(41)49(109-61(97)73(17,18)85)35-26-36(44(104-56(92)68(7,8)80)30-43(35)103-55(91)67(5,6)79)51(111-63(99)75(21,22)87)39-28-40(48(108-60(96)72(15,16)84)32-47(39)107-59(95)71(13,14)83)52(112-64(100)76(23,24)88)38-27-37(50(34)110-62(98)74(19,20)86)45(105-57(93)69(9,10)81)31-46(38)106-58(94)70(11,12)82/h25-32,49-52H,1-24H3. The summed E-state index contributed by atoms with van der Waals surface area (Å²) in [5.41, 5.74) is -4.18. The van der Waals surface area contributed by atoms with Gasteiger partial charge in [0, 0.05) is 68.8 Å². The fourth-order valence-corrected chi connectivity index (χ4v) is 9.69. The van der Waals surface area contributed by atoms with Crippen LogP contribution < -0.4 is 37.9 Å². The van der Waals surface area contributed by atoms with Crippen LogP contribution in [0.15, 0.2) is 48.5 Å². The van der Waals surface area contributed by atoms with E-state index in [0.717, 1.165) is 48.5 Å². The first kappa shape index (κ1) is 98.9. The Balaban J connectivity index is 2.65. The van der Waals surface area contributed by atoms with Crippen molar-refractivity contribution in [3.63, 3.8) is 0 Å². The van der Waals surface area contributed by atoms with Crippen molar-refractivity contribution in [3.8, 4) is 46.0 Å². The van der Waals surface area contributed by atoms with Gasteiger partial charge in [-0.2, -0.15) is 0 Å². The number of carbonyl (C=O) groups excluding carboxylic acids is 12. The van der Waals surface area contributed by atoms with Gasteiger partial charge >= 0.3 is 71.6 Å². The van der Waals surface area contributed by atoms with Crippen LogP contribution in [0.25, 0.3) is 0 Å². The Morgan fingerprint density at radius 1 is 0.179 bits per heavy atom. The molecule has 24 nitrogen and oxygen atoms in total. The average molecular weight is 2340 g/mol. The Kier molecular flexibility index (Phi) is 31.5. The summed E-state index contributed by atoms with van der Waals surface area (Å²) in [4.78, 5) is 181. The average Bonchev–Trinajstić information content (AvgIpc) is 0.738. The number of alkyl halides is 12. The van der Waals surface area contributed by atoms with E-state index in [9.17, 15) is 38.4 Å². The molecule has 4 aromatic rings. The molecular formula is C76H84Br12O24. The van der Waals surface area contributed by atoms with Crippen LogP contribution in [0.5, 0.6) is 46.0 Å². The lowest BCUT2D eigenvalue weighted by molar-refractivity contribution is -0.150. The Bertz CT molecular complexity index is 3660. The monoisotopic (exact) mass is 2330 g/mol. The minimum absolute atomic E-state index is 0.522. The molecule has 0 amide bonds.